The van der Waals surface area contributed by atoms with Crippen LogP contribution < -0.4 is 10.5 Å². The second-order valence-electron chi connectivity index (χ2n) is 7.10. The van der Waals surface area contributed by atoms with Gasteiger partial charge in [-0.05, 0) is 34.4 Å². The summed E-state index contributed by atoms with van der Waals surface area (Å²) in [6.07, 6.45) is 8.01. The second kappa shape index (κ2) is 7.82. The quantitative estimate of drug-likeness (QED) is 0.433. The lowest BCUT2D eigenvalue weighted by Crippen LogP contribution is -2.00. The molecule has 0 radical (unpaired) electrons. The first-order valence-electron chi connectivity index (χ1n) is 9.61. The highest BCUT2D eigenvalue weighted by atomic mass is 16.5. The molecule has 0 fully saturated rings. The molecule has 5 aromatic rings. The molecule has 3 N–H and O–H groups in total. The minimum absolute atomic E-state index is 0.350. The van der Waals surface area contributed by atoms with Crippen LogP contribution in [0.3, 0.4) is 0 Å². The molecule has 10 heteroatoms. The van der Waals surface area contributed by atoms with Crippen molar-refractivity contribution >= 4 is 17.0 Å². The fourth-order valence-electron chi connectivity index (χ4n) is 3.47. The average molecular weight is 413 g/mol. The Balaban J connectivity index is 1.34. The topological polar surface area (TPSA) is 133 Å². The smallest absolute Gasteiger partial charge is 0.316 e. The molecule has 0 bridgehead atoms. The van der Waals surface area contributed by atoms with Crippen molar-refractivity contribution in [3.63, 3.8) is 0 Å². The maximum absolute atomic E-state index is 5.90. The predicted molar refractivity (Wildman–Crippen MR) is 114 cm³/mol. The normalized spacial score (nSPS) is 11.1. The highest BCUT2D eigenvalue weighted by molar-refractivity contribution is 5.76. The minimum atomic E-state index is 0.350. The van der Waals surface area contributed by atoms with Crippen LogP contribution in [0.5, 0.6) is 6.01 Å². The van der Waals surface area contributed by atoms with Crippen molar-refractivity contribution in [3.8, 4) is 17.1 Å². The number of nitrogens with zero attached hydrogens (tertiary/aromatic N) is 7. The maximum Gasteiger partial charge on any atom is 0.316 e. The van der Waals surface area contributed by atoms with E-state index in [-0.39, 0.29) is 0 Å². The van der Waals surface area contributed by atoms with E-state index in [1.165, 1.54) is 0 Å². The first-order chi connectivity index (χ1) is 15.2. The molecule has 0 amide bonds. The number of hydrogen-bond acceptors (Lipinski definition) is 8. The van der Waals surface area contributed by atoms with Crippen molar-refractivity contribution in [1.29, 1.82) is 0 Å². The van der Waals surface area contributed by atoms with Crippen LogP contribution in [0.25, 0.3) is 22.3 Å². The molecule has 0 atom stereocenters. The van der Waals surface area contributed by atoms with E-state index < -0.39 is 0 Å². The average Bonchev–Trinajstić information content (AvgIpc) is 3.43. The maximum atomic E-state index is 5.90. The number of rotatable bonds is 6. The van der Waals surface area contributed by atoms with E-state index in [1.54, 1.807) is 19.5 Å². The molecular weight excluding hydrogens is 394 g/mol. The van der Waals surface area contributed by atoms with Gasteiger partial charge in [-0.2, -0.15) is 5.10 Å². The van der Waals surface area contributed by atoms with E-state index in [0.29, 0.717) is 30.4 Å². The van der Waals surface area contributed by atoms with Crippen LogP contribution in [0.15, 0.2) is 55.1 Å². The van der Waals surface area contributed by atoms with Crippen LogP contribution in [0.4, 0.5) is 5.82 Å². The lowest BCUT2D eigenvalue weighted by molar-refractivity contribution is 0.380. The van der Waals surface area contributed by atoms with Crippen molar-refractivity contribution < 1.29 is 4.74 Å². The van der Waals surface area contributed by atoms with Crippen LogP contribution in [0, 0.1) is 0 Å². The third kappa shape index (κ3) is 3.90. The van der Waals surface area contributed by atoms with Crippen LogP contribution in [0.2, 0.25) is 0 Å². The van der Waals surface area contributed by atoms with Crippen LogP contribution in [-0.4, -0.2) is 47.3 Å². The first-order valence-corrected chi connectivity index (χ1v) is 9.61. The molecule has 0 aliphatic rings. The van der Waals surface area contributed by atoms with Gasteiger partial charge in [-0.15, -0.1) is 5.10 Å². The van der Waals surface area contributed by atoms with Gasteiger partial charge in [0.2, 0.25) is 0 Å². The summed E-state index contributed by atoms with van der Waals surface area (Å²) < 4.78 is 6.93. The molecule has 1 aromatic carbocycles. The molecule has 0 aliphatic heterocycles. The summed E-state index contributed by atoms with van der Waals surface area (Å²) in [6.45, 7) is 0.642. The lowest BCUT2D eigenvalue weighted by Gasteiger charge is -2.06. The molecule has 5 rings (SSSR count). The van der Waals surface area contributed by atoms with E-state index in [4.69, 9.17) is 10.5 Å². The molecule has 10 nitrogen and oxygen atoms in total. The Bertz CT molecular complexity index is 1340. The van der Waals surface area contributed by atoms with Crippen molar-refractivity contribution in [2.45, 2.75) is 13.0 Å². The Morgan fingerprint density at radius 1 is 1.06 bits per heavy atom. The summed E-state index contributed by atoms with van der Waals surface area (Å²) >= 11 is 0. The summed E-state index contributed by atoms with van der Waals surface area (Å²) in [5, 5.41) is 15.2. The Kier molecular flexibility index (Phi) is 4.71. The van der Waals surface area contributed by atoms with Gasteiger partial charge in [0, 0.05) is 30.6 Å². The number of benzene rings is 1. The molecule has 154 valence electrons. The Morgan fingerprint density at radius 2 is 1.94 bits per heavy atom. The number of aromatic amines is 1. The minimum Gasteiger partial charge on any atom is -0.467 e. The molecule has 4 heterocycles. The van der Waals surface area contributed by atoms with Gasteiger partial charge >= 0.3 is 6.01 Å². The van der Waals surface area contributed by atoms with Gasteiger partial charge in [0.15, 0.2) is 5.65 Å². The van der Waals surface area contributed by atoms with E-state index in [1.807, 2.05) is 35.3 Å². The molecule has 0 saturated heterocycles. The third-order valence-corrected chi connectivity index (χ3v) is 4.89. The van der Waals surface area contributed by atoms with Gasteiger partial charge < -0.3 is 10.5 Å². The highest BCUT2D eigenvalue weighted by Gasteiger charge is 2.10. The second-order valence-corrected chi connectivity index (χ2v) is 7.10. The van der Waals surface area contributed by atoms with Crippen LogP contribution in [-0.2, 0) is 13.0 Å². The van der Waals surface area contributed by atoms with Gasteiger partial charge in [-0.3, -0.25) is 4.68 Å². The fourth-order valence-corrected chi connectivity index (χ4v) is 3.47. The predicted octanol–water partition coefficient (Wildman–Crippen LogP) is 2.24. The van der Waals surface area contributed by atoms with Crippen molar-refractivity contribution in [1.82, 2.24) is 40.1 Å². The van der Waals surface area contributed by atoms with Crippen LogP contribution in [0.1, 0.15) is 16.7 Å². The van der Waals surface area contributed by atoms with Crippen molar-refractivity contribution in [2.24, 2.45) is 0 Å². The first kappa shape index (κ1) is 18.7. The number of ether oxygens (including phenoxy) is 1. The zero-order valence-corrected chi connectivity index (χ0v) is 16.7. The number of aromatic nitrogens is 8. The molecule has 0 saturated carbocycles. The monoisotopic (exact) mass is 413 g/mol. The summed E-state index contributed by atoms with van der Waals surface area (Å²) in [7, 11) is 1.55. The number of nitrogens with two attached hydrogens (primary N) is 1. The number of nitrogens with one attached hydrogen (secondary N) is 1. The molecule has 0 aliphatic carbocycles. The third-order valence-electron chi connectivity index (χ3n) is 4.89. The standard InChI is InChI=1S/C21H19N9O/c1-31-21-23-9-17(10-24-21)15-4-2-3-13(5-15)11-30-12-14(8-25-30)6-16-7-18(22)26-20-19(16)27-29-28-20/h2-5,7-10,12H,6,11H2,1H3,(H3,22,26,27,28,29). The number of fused-ring (bicyclic) bond motifs is 1. The Hall–Kier alpha value is -4.34. The van der Waals surface area contributed by atoms with Gasteiger partial charge in [-0.25, -0.2) is 20.1 Å². The molecule has 0 unspecified atom stereocenters. The zero-order valence-electron chi connectivity index (χ0n) is 16.7. The highest BCUT2D eigenvalue weighted by Crippen LogP contribution is 2.21. The number of H-pyrrole nitrogens is 1. The number of methoxy groups -OCH3 is 1. The summed E-state index contributed by atoms with van der Waals surface area (Å²) in [6, 6.07) is 10.4. The van der Waals surface area contributed by atoms with Gasteiger partial charge in [-0.1, -0.05) is 23.4 Å². The number of nitrogen functional groups attached to an aromatic ring is 1. The lowest BCUT2D eigenvalue weighted by atomic mass is 10.1. The molecule has 4 aromatic heterocycles. The van der Waals surface area contributed by atoms with Crippen LogP contribution >= 0.6 is 0 Å². The summed E-state index contributed by atoms with van der Waals surface area (Å²) in [5.74, 6) is 0.431. The van der Waals surface area contributed by atoms with Crippen molar-refractivity contribution in [3.05, 3.63) is 71.8 Å². The number of hydrogen-bond donors (Lipinski definition) is 2. The van der Waals surface area contributed by atoms with E-state index >= 15 is 0 Å². The number of pyridine rings is 1. The SMILES string of the molecule is COc1ncc(-c2cccc(Cn3cc(Cc4cc(N)nc5[nH]nnc45)cn3)c2)cn1. The Morgan fingerprint density at radius 3 is 2.77 bits per heavy atom. The zero-order chi connectivity index (χ0) is 21.2. The van der Waals surface area contributed by atoms with Crippen molar-refractivity contribution in [2.75, 3.05) is 12.8 Å². The van der Waals surface area contributed by atoms with E-state index in [2.05, 4.69) is 47.6 Å². The molecule has 0 spiro atoms. The number of anilines is 1. The van der Waals surface area contributed by atoms with Gasteiger partial charge in [0.1, 0.15) is 11.3 Å². The Labute approximate surface area is 177 Å². The molecule has 31 heavy (non-hydrogen) atoms. The molecular formula is C21H19N9O. The van der Waals surface area contributed by atoms with Gasteiger partial charge in [0.25, 0.3) is 0 Å². The van der Waals surface area contributed by atoms with E-state index in [0.717, 1.165) is 33.3 Å². The largest absolute Gasteiger partial charge is 0.467 e. The summed E-state index contributed by atoms with van der Waals surface area (Å²) in [4.78, 5) is 12.6. The van der Waals surface area contributed by atoms with Gasteiger partial charge in [0.05, 0.1) is 19.9 Å². The summed E-state index contributed by atoms with van der Waals surface area (Å²) in [5.41, 5.74) is 12.3. The fraction of sp³-hybridized carbons (Fsp3) is 0.143. The van der Waals surface area contributed by atoms with E-state index in [9.17, 15) is 0 Å².